The summed E-state index contributed by atoms with van der Waals surface area (Å²) < 4.78 is 18.7. The molecule has 7 nitrogen and oxygen atoms in total. The van der Waals surface area contributed by atoms with Crippen LogP contribution in [0.4, 0.5) is 20.7 Å². The second-order valence-corrected chi connectivity index (χ2v) is 8.46. The minimum Gasteiger partial charge on any atom is -0.352 e. The molecule has 4 aromatic rings. The van der Waals surface area contributed by atoms with Crippen LogP contribution < -0.4 is 10.2 Å². The van der Waals surface area contributed by atoms with E-state index in [1.807, 2.05) is 36.1 Å². The van der Waals surface area contributed by atoms with Crippen molar-refractivity contribution >= 4 is 39.3 Å². The van der Waals surface area contributed by atoms with Crippen LogP contribution in [-0.2, 0) is 0 Å². The number of nitrogens with zero attached hydrogens (tertiary/aromatic N) is 5. The highest BCUT2D eigenvalue weighted by Gasteiger charge is 2.25. The van der Waals surface area contributed by atoms with Crippen LogP contribution in [0.15, 0.2) is 54.9 Å². The minimum absolute atomic E-state index is 0.0993. The van der Waals surface area contributed by atoms with Crippen LogP contribution in [0.3, 0.4) is 0 Å². The first-order valence-electron chi connectivity index (χ1n) is 10.3. The Morgan fingerprint density at radius 3 is 2.44 bits per heavy atom. The van der Waals surface area contributed by atoms with Gasteiger partial charge in [-0.1, -0.05) is 17.7 Å². The van der Waals surface area contributed by atoms with Crippen molar-refractivity contribution in [2.75, 3.05) is 36.4 Å². The smallest absolute Gasteiger partial charge is 0.321 e. The van der Waals surface area contributed by atoms with Crippen LogP contribution in [0, 0.1) is 12.7 Å². The average Bonchev–Trinajstić information content (AvgIpc) is 3.25. The molecular formula is C23H21FN6OS. The Morgan fingerprint density at radius 1 is 1.00 bits per heavy atom. The molecule has 2 aromatic heterocycles. The molecule has 0 unspecified atom stereocenters. The molecule has 1 aliphatic heterocycles. The van der Waals surface area contributed by atoms with Gasteiger partial charge in [-0.25, -0.2) is 19.2 Å². The van der Waals surface area contributed by atoms with Gasteiger partial charge in [0.05, 0.1) is 0 Å². The van der Waals surface area contributed by atoms with Crippen LogP contribution >= 0.6 is 11.5 Å². The molecule has 0 bridgehead atoms. The quantitative estimate of drug-likeness (QED) is 0.498. The van der Waals surface area contributed by atoms with Gasteiger partial charge < -0.3 is 15.1 Å². The van der Waals surface area contributed by atoms with Crippen LogP contribution in [0.5, 0.6) is 0 Å². The van der Waals surface area contributed by atoms with E-state index in [2.05, 4.69) is 24.6 Å². The van der Waals surface area contributed by atoms with E-state index in [0.717, 1.165) is 38.5 Å². The van der Waals surface area contributed by atoms with Gasteiger partial charge in [-0.05, 0) is 54.9 Å². The molecule has 5 rings (SSSR count). The molecule has 32 heavy (non-hydrogen) atoms. The third-order valence-electron chi connectivity index (χ3n) is 5.52. The molecule has 2 amide bonds. The van der Waals surface area contributed by atoms with Gasteiger partial charge >= 0.3 is 6.03 Å². The SMILES string of the molecule is Cc1ccc(NC(=O)N2CCN(c3ncnc4c(-c5ccc(F)cc5)nsc34)CC2)cc1. The van der Waals surface area contributed by atoms with E-state index in [9.17, 15) is 9.18 Å². The van der Waals surface area contributed by atoms with E-state index >= 15 is 0 Å². The molecule has 0 atom stereocenters. The zero-order chi connectivity index (χ0) is 22.1. The lowest BCUT2D eigenvalue weighted by Crippen LogP contribution is -2.50. The number of aryl methyl sites for hydroxylation is 1. The first-order valence-corrected chi connectivity index (χ1v) is 11.1. The number of benzene rings is 2. The largest absolute Gasteiger partial charge is 0.352 e. The average molecular weight is 449 g/mol. The fraction of sp³-hybridized carbons (Fsp3) is 0.217. The summed E-state index contributed by atoms with van der Waals surface area (Å²) in [5, 5.41) is 2.96. The van der Waals surface area contributed by atoms with Crippen molar-refractivity contribution in [1.82, 2.24) is 19.2 Å². The summed E-state index contributed by atoms with van der Waals surface area (Å²) in [5.74, 6) is 0.535. The number of hydrogen-bond donors (Lipinski definition) is 1. The van der Waals surface area contributed by atoms with E-state index in [1.54, 1.807) is 12.1 Å². The lowest BCUT2D eigenvalue weighted by Gasteiger charge is -2.35. The third kappa shape index (κ3) is 3.99. The molecule has 1 N–H and O–H groups in total. The number of halogens is 1. The van der Waals surface area contributed by atoms with E-state index in [0.29, 0.717) is 26.2 Å². The predicted octanol–water partition coefficient (Wildman–Crippen LogP) is 4.55. The van der Waals surface area contributed by atoms with Crippen LogP contribution in [0.1, 0.15) is 5.56 Å². The molecule has 0 radical (unpaired) electrons. The van der Waals surface area contributed by atoms with Crippen molar-refractivity contribution in [3.05, 3.63) is 66.2 Å². The van der Waals surface area contributed by atoms with Crippen molar-refractivity contribution < 1.29 is 9.18 Å². The number of nitrogens with one attached hydrogen (secondary N) is 1. The van der Waals surface area contributed by atoms with Crippen molar-refractivity contribution in [2.24, 2.45) is 0 Å². The number of piperazine rings is 1. The molecule has 1 saturated heterocycles. The highest BCUT2D eigenvalue weighted by atomic mass is 32.1. The number of rotatable bonds is 3. The summed E-state index contributed by atoms with van der Waals surface area (Å²) in [6.45, 7) is 4.52. The Balaban J connectivity index is 1.30. The van der Waals surface area contributed by atoms with E-state index in [4.69, 9.17) is 0 Å². The number of amides is 2. The maximum atomic E-state index is 13.3. The van der Waals surface area contributed by atoms with Gasteiger partial charge in [-0.3, -0.25) is 0 Å². The fourth-order valence-electron chi connectivity index (χ4n) is 3.73. The number of carbonyl (C=O) groups is 1. The van der Waals surface area contributed by atoms with Gasteiger partial charge in [0.25, 0.3) is 0 Å². The summed E-state index contributed by atoms with van der Waals surface area (Å²) in [4.78, 5) is 25.5. The summed E-state index contributed by atoms with van der Waals surface area (Å²) in [7, 11) is 0. The maximum absolute atomic E-state index is 13.3. The monoisotopic (exact) mass is 448 g/mol. The van der Waals surface area contributed by atoms with Gasteiger partial charge in [-0.15, -0.1) is 0 Å². The van der Waals surface area contributed by atoms with E-state index in [-0.39, 0.29) is 11.8 Å². The van der Waals surface area contributed by atoms with Crippen molar-refractivity contribution in [3.63, 3.8) is 0 Å². The second-order valence-electron chi connectivity index (χ2n) is 7.68. The Morgan fingerprint density at radius 2 is 1.72 bits per heavy atom. The molecule has 2 aromatic carbocycles. The van der Waals surface area contributed by atoms with Crippen LogP contribution in [-0.4, -0.2) is 51.5 Å². The summed E-state index contributed by atoms with van der Waals surface area (Å²) in [6, 6.07) is 13.9. The van der Waals surface area contributed by atoms with Gasteiger partial charge in [0, 0.05) is 37.4 Å². The van der Waals surface area contributed by atoms with Gasteiger partial charge in [0.2, 0.25) is 0 Å². The lowest BCUT2D eigenvalue weighted by molar-refractivity contribution is 0.208. The number of anilines is 2. The number of hydrogen-bond acceptors (Lipinski definition) is 6. The molecule has 3 heterocycles. The van der Waals surface area contributed by atoms with E-state index < -0.39 is 0 Å². The van der Waals surface area contributed by atoms with Gasteiger partial charge in [0.15, 0.2) is 5.82 Å². The highest BCUT2D eigenvalue weighted by Crippen LogP contribution is 2.34. The number of aromatic nitrogens is 3. The van der Waals surface area contributed by atoms with Crippen LogP contribution in [0.25, 0.3) is 21.5 Å². The molecule has 0 aliphatic carbocycles. The van der Waals surface area contributed by atoms with Crippen molar-refractivity contribution in [1.29, 1.82) is 0 Å². The molecular weight excluding hydrogens is 427 g/mol. The second kappa shape index (κ2) is 8.51. The van der Waals surface area contributed by atoms with Gasteiger partial charge in [-0.2, -0.15) is 4.37 Å². The zero-order valence-corrected chi connectivity index (χ0v) is 18.3. The zero-order valence-electron chi connectivity index (χ0n) is 17.5. The molecule has 162 valence electrons. The normalized spacial score (nSPS) is 14.1. The molecule has 0 spiro atoms. The van der Waals surface area contributed by atoms with E-state index in [1.165, 1.54) is 30.0 Å². The number of carbonyl (C=O) groups excluding carboxylic acids is 1. The first kappa shape index (κ1) is 20.3. The minimum atomic E-state index is -0.284. The Labute approximate surface area is 188 Å². The van der Waals surface area contributed by atoms with Crippen LogP contribution in [0.2, 0.25) is 0 Å². The van der Waals surface area contributed by atoms with Crippen molar-refractivity contribution in [2.45, 2.75) is 6.92 Å². The Bertz CT molecular complexity index is 1250. The summed E-state index contributed by atoms with van der Waals surface area (Å²) in [5.41, 5.74) is 4.24. The Kier molecular flexibility index (Phi) is 5.40. The number of urea groups is 1. The Hall–Kier alpha value is -3.59. The molecule has 9 heteroatoms. The first-order chi connectivity index (χ1) is 15.6. The number of fused-ring (bicyclic) bond motifs is 1. The maximum Gasteiger partial charge on any atom is 0.321 e. The van der Waals surface area contributed by atoms with Gasteiger partial charge in [0.1, 0.15) is 28.1 Å². The summed E-state index contributed by atoms with van der Waals surface area (Å²) in [6.07, 6.45) is 1.54. The van der Waals surface area contributed by atoms with Crippen molar-refractivity contribution in [3.8, 4) is 11.3 Å². The highest BCUT2D eigenvalue weighted by molar-refractivity contribution is 7.14. The standard InChI is InChI=1S/C23H21FN6OS/c1-15-2-8-18(9-3-15)27-23(31)30-12-10-29(11-13-30)22-21-20(25-14-26-22)19(28-32-21)16-4-6-17(24)7-5-16/h2-9,14H,10-13H2,1H3,(H,27,31). The predicted molar refractivity (Wildman–Crippen MR) is 125 cm³/mol. The fourth-order valence-corrected chi connectivity index (χ4v) is 4.61. The molecule has 0 saturated carbocycles. The lowest BCUT2D eigenvalue weighted by atomic mass is 10.1. The molecule has 1 aliphatic rings. The summed E-state index contributed by atoms with van der Waals surface area (Å²) >= 11 is 1.34. The molecule has 1 fully saturated rings. The topological polar surface area (TPSA) is 74.2 Å². The third-order valence-corrected chi connectivity index (χ3v) is 6.36.